The van der Waals surface area contributed by atoms with Crippen LogP contribution in [-0.2, 0) is 4.79 Å². The molecule has 1 aliphatic heterocycles. The number of ether oxygens (including phenoxy) is 1. The number of likely N-dealkylation sites (tertiary alicyclic amines) is 1. The number of carbonyl (C=O) groups is 2. The lowest BCUT2D eigenvalue weighted by Crippen LogP contribution is -2.38. The molecule has 3 rings (SSSR count). The van der Waals surface area contributed by atoms with Gasteiger partial charge in [0.25, 0.3) is 0 Å². The van der Waals surface area contributed by atoms with Crippen LogP contribution in [0.4, 0.5) is 0 Å². The Balaban J connectivity index is 1.48. The lowest BCUT2D eigenvalue weighted by atomic mass is 9.93. The van der Waals surface area contributed by atoms with Crippen molar-refractivity contribution in [1.29, 1.82) is 0 Å². The summed E-state index contributed by atoms with van der Waals surface area (Å²) in [5.41, 5.74) is 2.62. The van der Waals surface area contributed by atoms with E-state index in [2.05, 4.69) is 9.97 Å². The van der Waals surface area contributed by atoms with Crippen LogP contribution in [-0.4, -0.2) is 46.3 Å². The maximum atomic E-state index is 12.5. The quantitative estimate of drug-likeness (QED) is 0.686. The summed E-state index contributed by atoms with van der Waals surface area (Å²) in [4.78, 5) is 35.1. The van der Waals surface area contributed by atoms with Crippen LogP contribution >= 0.6 is 0 Å². The molecule has 28 heavy (non-hydrogen) atoms. The maximum absolute atomic E-state index is 12.5. The summed E-state index contributed by atoms with van der Waals surface area (Å²) in [5.74, 6) is 1.22. The molecule has 0 saturated carbocycles. The summed E-state index contributed by atoms with van der Waals surface area (Å²) in [6.07, 6.45) is 5.61. The topological polar surface area (TPSA) is 72.4 Å². The average Bonchev–Trinajstić information content (AvgIpc) is 2.74. The largest absolute Gasteiger partial charge is 0.494 e. The molecular weight excluding hydrogens is 354 g/mol. The molecule has 2 heterocycles. The molecule has 0 atom stereocenters. The number of nitrogens with zero attached hydrogens (tertiary/aromatic N) is 3. The van der Waals surface area contributed by atoms with Crippen LogP contribution in [0.15, 0.2) is 36.8 Å². The molecule has 0 unspecified atom stereocenters. The first-order valence-corrected chi connectivity index (χ1v) is 9.88. The Morgan fingerprint density at radius 3 is 2.61 bits per heavy atom. The highest BCUT2D eigenvalue weighted by molar-refractivity contribution is 5.98. The number of hydrogen-bond acceptors (Lipinski definition) is 5. The van der Waals surface area contributed by atoms with Crippen molar-refractivity contribution in [2.24, 2.45) is 0 Å². The van der Waals surface area contributed by atoms with E-state index >= 15 is 0 Å². The van der Waals surface area contributed by atoms with Crippen LogP contribution < -0.4 is 4.74 Å². The van der Waals surface area contributed by atoms with Gasteiger partial charge in [-0.25, -0.2) is 9.97 Å². The predicted octanol–water partition coefficient (Wildman–Crippen LogP) is 3.55. The van der Waals surface area contributed by atoms with Crippen molar-refractivity contribution >= 4 is 11.7 Å². The van der Waals surface area contributed by atoms with Gasteiger partial charge in [0.15, 0.2) is 5.78 Å². The Hall–Kier alpha value is -2.76. The molecule has 2 aromatic rings. The van der Waals surface area contributed by atoms with Crippen molar-refractivity contribution in [2.45, 2.75) is 45.4 Å². The summed E-state index contributed by atoms with van der Waals surface area (Å²) >= 11 is 0. The Morgan fingerprint density at radius 1 is 1.18 bits per heavy atom. The van der Waals surface area contributed by atoms with Crippen molar-refractivity contribution in [3.63, 3.8) is 0 Å². The number of Topliss-reactive ketones (excluding diaryl/α,β-unsaturated/α-hetero) is 1. The average molecular weight is 381 g/mol. The number of piperidine rings is 1. The first-order chi connectivity index (χ1) is 13.6. The highest BCUT2D eigenvalue weighted by Gasteiger charge is 2.24. The number of benzene rings is 1. The van der Waals surface area contributed by atoms with E-state index in [1.165, 1.54) is 0 Å². The molecule has 6 heteroatoms. The van der Waals surface area contributed by atoms with Gasteiger partial charge >= 0.3 is 0 Å². The second kappa shape index (κ2) is 9.44. The summed E-state index contributed by atoms with van der Waals surface area (Å²) < 4.78 is 5.51. The summed E-state index contributed by atoms with van der Waals surface area (Å²) in [6, 6.07) is 7.38. The molecule has 1 aromatic carbocycles. The maximum Gasteiger partial charge on any atom is 0.223 e. The number of amides is 1. The van der Waals surface area contributed by atoms with Gasteiger partial charge in [0.05, 0.1) is 6.61 Å². The fourth-order valence-corrected chi connectivity index (χ4v) is 3.63. The molecule has 0 bridgehead atoms. The molecule has 1 aromatic heterocycles. The molecule has 1 amide bonds. The fourth-order valence-electron chi connectivity index (χ4n) is 3.63. The van der Waals surface area contributed by atoms with E-state index in [4.69, 9.17) is 4.74 Å². The first kappa shape index (κ1) is 20.0. The van der Waals surface area contributed by atoms with E-state index in [9.17, 15) is 9.59 Å². The molecule has 0 spiro atoms. The van der Waals surface area contributed by atoms with Crippen molar-refractivity contribution in [3.8, 4) is 5.75 Å². The molecule has 0 aliphatic carbocycles. The normalized spacial score (nSPS) is 14.7. The van der Waals surface area contributed by atoms with Crippen molar-refractivity contribution in [3.05, 3.63) is 53.6 Å². The standard InChI is InChI=1S/C22H27N3O3/c1-3-28-21-6-4-18(14-16(21)2)20(26)5-7-22(27)25-12-9-17(10-13-25)19-8-11-23-15-24-19/h4,6,8,11,14-15,17H,3,5,7,9-10,12-13H2,1-2H3. The smallest absolute Gasteiger partial charge is 0.223 e. The molecule has 1 aliphatic rings. The number of aryl methyl sites for hydroxylation is 1. The molecular formula is C22H27N3O3. The Labute approximate surface area is 165 Å². The highest BCUT2D eigenvalue weighted by Crippen LogP contribution is 2.26. The van der Waals surface area contributed by atoms with Gasteiger partial charge < -0.3 is 9.64 Å². The van der Waals surface area contributed by atoms with Crippen LogP contribution in [0.3, 0.4) is 0 Å². The summed E-state index contributed by atoms with van der Waals surface area (Å²) in [5, 5.41) is 0. The van der Waals surface area contributed by atoms with Crippen molar-refractivity contribution in [2.75, 3.05) is 19.7 Å². The third kappa shape index (κ3) is 4.94. The van der Waals surface area contributed by atoms with Gasteiger partial charge in [-0.2, -0.15) is 0 Å². The van der Waals surface area contributed by atoms with Crippen LogP contribution in [0.5, 0.6) is 5.75 Å². The van der Waals surface area contributed by atoms with Crippen LogP contribution in [0, 0.1) is 6.92 Å². The zero-order valence-electron chi connectivity index (χ0n) is 16.6. The van der Waals surface area contributed by atoms with Gasteiger partial charge in [-0.3, -0.25) is 9.59 Å². The van der Waals surface area contributed by atoms with E-state index in [0.29, 0.717) is 31.2 Å². The third-order valence-electron chi connectivity index (χ3n) is 5.23. The summed E-state index contributed by atoms with van der Waals surface area (Å²) in [6.45, 7) is 5.87. The zero-order valence-corrected chi connectivity index (χ0v) is 16.6. The van der Waals surface area contributed by atoms with Crippen LogP contribution in [0.25, 0.3) is 0 Å². The minimum atomic E-state index is -0.00429. The lowest BCUT2D eigenvalue weighted by molar-refractivity contribution is -0.132. The molecule has 148 valence electrons. The molecule has 0 N–H and O–H groups in total. The molecule has 1 saturated heterocycles. The molecule has 0 radical (unpaired) electrons. The summed E-state index contributed by atoms with van der Waals surface area (Å²) in [7, 11) is 0. The second-order valence-corrected chi connectivity index (χ2v) is 7.13. The van der Waals surface area contributed by atoms with E-state index in [0.717, 1.165) is 29.8 Å². The fraction of sp³-hybridized carbons (Fsp3) is 0.455. The SMILES string of the molecule is CCOc1ccc(C(=O)CCC(=O)N2CCC(c3ccncn3)CC2)cc1C. The van der Waals surface area contributed by atoms with Crippen LogP contribution in [0.2, 0.25) is 0 Å². The molecule has 6 nitrogen and oxygen atoms in total. The lowest BCUT2D eigenvalue weighted by Gasteiger charge is -2.31. The van der Waals surface area contributed by atoms with Crippen molar-refractivity contribution in [1.82, 2.24) is 14.9 Å². The number of ketones is 1. The van der Waals surface area contributed by atoms with E-state index in [-0.39, 0.29) is 24.5 Å². The number of rotatable bonds is 7. The highest BCUT2D eigenvalue weighted by atomic mass is 16.5. The first-order valence-electron chi connectivity index (χ1n) is 9.88. The predicted molar refractivity (Wildman–Crippen MR) is 106 cm³/mol. The van der Waals surface area contributed by atoms with Gasteiger partial charge in [0.2, 0.25) is 5.91 Å². The molecule has 1 fully saturated rings. The minimum absolute atomic E-state index is 0.00429. The Kier molecular flexibility index (Phi) is 6.74. The van der Waals surface area contributed by atoms with Crippen LogP contribution in [0.1, 0.15) is 60.1 Å². The van der Waals surface area contributed by atoms with Gasteiger partial charge in [0, 0.05) is 49.3 Å². The van der Waals surface area contributed by atoms with Gasteiger partial charge in [-0.15, -0.1) is 0 Å². The Morgan fingerprint density at radius 2 is 1.96 bits per heavy atom. The number of aromatic nitrogens is 2. The van der Waals surface area contributed by atoms with E-state index in [1.54, 1.807) is 18.6 Å². The van der Waals surface area contributed by atoms with Gasteiger partial charge in [0.1, 0.15) is 12.1 Å². The van der Waals surface area contributed by atoms with E-state index < -0.39 is 0 Å². The van der Waals surface area contributed by atoms with Gasteiger partial charge in [-0.1, -0.05) is 0 Å². The number of hydrogen-bond donors (Lipinski definition) is 0. The minimum Gasteiger partial charge on any atom is -0.494 e. The zero-order chi connectivity index (χ0) is 19.9. The monoisotopic (exact) mass is 381 g/mol. The Bertz CT molecular complexity index is 815. The van der Waals surface area contributed by atoms with Gasteiger partial charge in [-0.05, 0) is 56.5 Å². The van der Waals surface area contributed by atoms with Crippen molar-refractivity contribution < 1.29 is 14.3 Å². The second-order valence-electron chi connectivity index (χ2n) is 7.13. The third-order valence-corrected chi connectivity index (χ3v) is 5.23. The number of carbonyl (C=O) groups excluding carboxylic acids is 2. The van der Waals surface area contributed by atoms with E-state index in [1.807, 2.05) is 36.9 Å².